The van der Waals surface area contributed by atoms with Gasteiger partial charge in [-0.1, -0.05) is 42.1 Å². The molecule has 168 valence electrons. The Morgan fingerprint density at radius 1 is 1.31 bits per heavy atom. The van der Waals surface area contributed by atoms with E-state index in [2.05, 4.69) is 10.3 Å². The zero-order valence-electron chi connectivity index (χ0n) is 17.8. The Labute approximate surface area is 194 Å². The van der Waals surface area contributed by atoms with Crippen molar-refractivity contribution in [3.63, 3.8) is 0 Å². The van der Waals surface area contributed by atoms with Gasteiger partial charge in [-0.25, -0.2) is 14.6 Å². The molecular weight excluding hydrogens is 448 g/mol. The van der Waals surface area contributed by atoms with Crippen LogP contribution in [0, 0.1) is 6.92 Å². The molecule has 2 heterocycles. The molecule has 1 fully saturated rings. The molecule has 1 aromatic heterocycles. The maximum Gasteiger partial charge on any atom is 0.338 e. The molecule has 1 atom stereocenters. The van der Waals surface area contributed by atoms with Crippen molar-refractivity contribution in [1.29, 1.82) is 0 Å². The van der Waals surface area contributed by atoms with E-state index in [1.807, 2.05) is 37.3 Å². The van der Waals surface area contributed by atoms with E-state index in [0.717, 1.165) is 33.3 Å². The molecule has 1 saturated carbocycles. The van der Waals surface area contributed by atoms with Crippen molar-refractivity contribution < 1.29 is 19.1 Å². The number of amides is 3. The summed E-state index contributed by atoms with van der Waals surface area (Å²) in [5.74, 6) is -0.496. The predicted molar refractivity (Wildman–Crippen MR) is 122 cm³/mol. The summed E-state index contributed by atoms with van der Waals surface area (Å²) >= 11 is 2.85. The summed E-state index contributed by atoms with van der Waals surface area (Å²) < 4.78 is 5.88. The van der Waals surface area contributed by atoms with Crippen molar-refractivity contribution in [2.24, 2.45) is 5.73 Å². The lowest BCUT2D eigenvalue weighted by Crippen LogP contribution is -2.50. The maximum absolute atomic E-state index is 13.1. The van der Waals surface area contributed by atoms with Crippen LogP contribution in [0.4, 0.5) is 4.79 Å². The summed E-state index contributed by atoms with van der Waals surface area (Å²) in [6, 6.07) is 8.66. The Bertz CT molecular complexity index is 1080. The highest BCUT2D eigenvalue weighted by Gasteiger charge is 2.44. The lowest BCUT2D eigenvalue weighted by atomic mass is 9.95. The fraction of sp³-hybridized carbons (Fsp3) is 0.364. The number of aryl methyl sites for hydroxylation is 1. The molecule has 32 heavy (non-hydrogen) atoms. The average Bonchev–Trinajstić information content (AvgIpc) is 3.55. The molecule has 2 aliphatic rings. The van der Waals surface area contributed by atoms with Crippen molar-refractivity contribution in [2.75, 3.05) is 12.9 Å². The predicted octanol–water partition coefficient (Wildman–Crippen LogP) is 2.93. The lowest BCUT2D eigenvalue weighted by Gasteiger charge is -2.36. The number of ether oxygens (including phenoxy) is 1. The molecule has 10 heteroatoms. The Balaban J connectivity index is 1.71. The number of hydrogen-bond acceptors (Lipinski definition) is 7. The Hall–Kier alpha value is -2.85. The zero-order chi connectivity index (χ0) is 22.8. The van der Waals surface area contributed by atoms with Crippen molar-refractivity contribution in [3.8, 4) is 0 Å². The van der Waals surface area contributed by atoms with Crippen LogP contribution in [0.3, 0.4) is 0 Å². The molecule has 1 unspecified atom stereocenters. The van der Waals surface area contributed by atoms with E-state index in [4.69, 9.17) is 10.5 Å². The maximum atomic E-state index is 13.1. The largest absolute Gasteiger partial charge is 0.466 e. The molecule has 1 aromatic carbocycles. The first-order chi connectivity index (χ1) is 15.4. The molecule has 2 aromatic rings. The van der Waals surface area contributed by atoms with E-state index >= 15 is 0 Å². The van der Waals surface area contributed by atoms with Crippen LogP contribution in [0.15, 0.2) is 45.9 Å². The van der Waals surface area contributed by atoms with Crippen LogP contribution >= 0.6 is 23.1 Å². The minimum Gasteiger partial charge on any atom is -0.466 e. The van der Waals surface area contributed by atoms with Gasteiger partial charge in [-0.3, -0.25) is 9.69 Å². The monoisotopic (exact) mass is 472 g/mol. The number of thiazole rings is 1. The third-order valence-corrected chi connectivity index (χ3v) is 7.68. The third kappa shape index (κ3) is 4.66. The number of hydrogen-bond donors (Lipinski definition) is 2. The van der Waals surface area contributed by atoms with Crippen molar-refractivity contribution in [2.45, 2.75) is 42.6 Å². The molecule has 0 bridgehead atoms. The fourth-order valence-electron chi connectivity index (χ4n) is 3.71. The topological polar surface area (TPSA) is 115 Å². The number of primary amides is 1. The van der Waals surface area contributed by atoms with Crippen LogP contribution < -0.4 is 11.1 Å². The summed E-state index contributed by atoms with van der Waals surface area (Å²) in [4.78, 5) is 44.3. The molecule has 1 aliphatic heterocycles. The highest BCUT2D eigenvalue weighted by Crippen LogP contribution is 2.40. The molecule has 8 nitrogen and oxygen atoms in total. The van der Waals surface area contributed by atoms with Crippen LogP contribution in [0.1, 0.15) is 35.0 Å². The molecule has 0 spiro atoms. The Kier molecular flexibility index (Phi) is 6.52. The van der Waals surface area contributed by atoms with E-state index in [1.54, 1.807) is 4.90 Å². The van der Waals surface area contributed by atoms with E-state index < -0.39 is 17.9 Å². The minimum atomic E-state index is -0.592. The number of rotatable bonds is 8. The highest BCUT2D eigenvalue weighted by molar-refractivity contribution is 8.01. The Morgan fingerprint density at radius 2 is 2.03 bits per heavy atom. The molecule has 3 N–H and O–H groups in total. The first kappa shape index (κ1) is 22.3. The molecule has 3 amide bonds. The fourth-order valence-corrected chi connectivity index (χ4v) is 5.98. The van der Waals surface area contributed by atoms with Gasteiger partial charge >= 0.3 is 12.0 Å². The van der Waals surface area contributed by atoms with Gasteiger partial charge in [0, 0.05) is 22.4 Å². The van der Waals surface area contributed by atoms with Gasteiger partial charge in [0.15, 0.2) is 4.34 Å². The quantitative estimate of drug-likeness (QED) is 0.451. The highest BCUT2D eigenvalue weighted by atomic mass is 32.2. The summed E-state index contributed by atoms with van der Waals surface area (Å²) in [6.07, 6.45) is 1.93. The van der Waals surface area contributed by atoms with E-state index in [-0.39, 0.29) is 18.5 Å². The number of nitrogens with one attached hydrogen (secondary N) is 1. The van der Waals surface area contributed by atoms with E-state index in [0.29, 0.717) is 17.0 Å². The summed E-state index contributed by atoms with van der Waals surface area (Å²) in [7, 11) is 1.35. The van der Waals surface area contributed by atoms with Crippen LogP contribution in [0.5, 0.6) is 0 Å². The number of nitrogens with two attached hydrogens (primary N) is 1. The average molecular weight is 473 g/mol. The second-order valence-corrected chi connectivity index (χ2v) is 9.97. The minimum absolute atomic E-state index is 0.0745. The third-order valence-electron chi connectivity index (χ3n) is 5.37. The summed E-state index contributed by atoms with van der Waals surface area (Å²) in [6.45, 7) is 1.84. The van der Waals surface area contributed by atoms with Crippen molar-refractivity contribution in [1.82, 2.24) is 15.2 Å². The number of aromatic nitrogens is 1. The number of esters is 1. The van der Waals surface area contributed by atoms with Gasteiger partial charge < -0.3 is 15.8 Å². The van der Waals surface area contributed by atoms with E-state index in [1.165, 1.54) is 30.2 Å². The molecule has 0 saturated heterocycles. The van der Waals surface area contributed by atoms with Gasteiger partial charge in [-0.05, 0) is 25.3 Å². The normalized spacial score (nSPS) is 18.5. The summed E-state index contributed by atoms with van der Waals surface area (Å²) in [5, 5.41) is 2.99. The van der Waals surface area contributed by atoms with E-state index in [9.17, 15) is 14.4 Å². The first-order valence-electron chi connectivity index (χ1n) is 10.2. The van der Waals surface area contributed by atoms with Gasteiger partial charge in [0.2, 0.25) is 5.91 Å². The SMILES string of the molecule is COC(=O)C1=C(CSc2nc(C)c(CC(N)=O)s2)N(C2CC2)C(=O)NC1c1ccccc1. The molecule has 0 radical (unpaired) electrons. The van der Waals surface area contributed by atoms with Crippen LogP contribution in [0.25, 0.3) is 0 Å². The number of urea groups is 1. The van der Waals surface area contributed by atoms with Gasteiger partial charge in [-0.2, -0.15) is 0 Å². The lowest BCUT2D eigenvalue weighted by molar-refractivity contribution is -0.136. The van der Waals surface area contributed by atoms with Gasteiger partial charge in [0.1, 0.15) is 0 Å². The number of thioether (sulfide) groups is 1. The number of carbonyl (C=O) groups is 3. The van der Waals surface area contributed by atoms with Crippen LogP contribution in [0.2, 0.25) is 0 Å². The number of methoxy groups -OCH3 is 1. The van der Waals surface area contributed by atoms with Crippen molar-refractivity contribution >= 4 is 41.0 Å². The number of nitrogens with zero attached hydrogens (tertiary/aromatic N) is 2. The first-order valence-corrected chi connectivity index (χ1v) is 12.0. The van der Waals surface area contributed by atoms with Gasteiger partial charge in [0.05, 0.1) is 30.8 Å². The molecule has 4 rings (SSSR count). The van der Waals surface area contributed by atoms with Crippen molar-refractivity contribution in [3.05, 3.63) is 57.7 Å². The van der Waals surface area contributed by atoms with Gasteiger partial charge in [-0.15, -0.1) is 11.3 Å². The second kappa shape index (κ2) is 9.33. The molecular formula is C22H24N4O4S2. The standard InChI is InChI=1S/C22H24N4O4S2/c1-12-16(10-17(23)27)32-22(24-12)31-11-15-18(20(28)30-2)19(13-6-4-3-5-7-13)25-21(29)26(15)14-8-9-14/h3-7,14,19H,8-11H2,1-2H3,(H2,23,27)(H,25,29). The zero-order valence-corrected chi connectivity index (χ0v) is 19.4. The second-order valence-electron chi connectivity index (χ2n) is 7.67. The number of carbonyl (C=O) groups excluding carboxylic acids is 3. The Morgan fingerprint density at radius 3 is 2.66 bits per heavy atom. The number of benzene rings is 1. The smallest absolute Gasteiger partial charge is 0.338 e. The summed E-state index contributed by atoms with van der Waals surface area (Å²) in [5.41, 5.74) is 7.98. The van der Waals surface area contributed by atoms with Gasteiger partial charge in [0.25, 0.3) is 0 Å². The van der Waals surface area contributed by atoms with Crippen LogP contribution in [-0.2, 0) is 20.7 Å². The van der Waals surface area contributed by atoms with Crippen LogP contribution in [-0.4, -0.2) is 46.7 Å². The molecule has 1 aliphatic carbocycles.